The molecule has 0 aliphatic rings. The van der Waals surface area contributed by atoms with Gasteiger partial charge >= 0.3 is 12.4 Å². The molecule has 0 fully saturated rings. The Hall–Kier alpha value is -2.52. The van der Waals surface area contributed by atoms with Crippen molar-refractivity contribution in [2.45, 2.75) is 12.4 Å². The van der Waals surface area contributed by atoms with E-state index in [0.717, 1.165) is 6.33 Å². The Morgan fingerprint density at radius 1 is 0.783 bits per heavy atom. The first-order chi connectivity index (χ1) is 10.6. The number of aromatic nitrogens is 2. The van der Waals surface area contributed by atoms with Crippen LogP contribution < -0.4 is 10.6 Å². The lowest BCUT2D eigenvalue weighted by molar-refractivity contribution is -0.143. The molecular formula is C13H10F6N4. The van der Waals surface area contributed by atoms with E-state index in [2.05, 4.69) is 20.6 Å². The Morgan fingerprint density at radius 2 is 1.30 bits per heavy atom. The Balaban J connectivity index is 2.44. The fraction of sp³-hybridized carbons (Fsp3) is 0.231. The number of anilines is 3. The van der Waals surface area contributed by atoms with Gasteiger partial charge in [-0.1, -0.05) is 0 Å². The van der Waals surface area contributed by atoms with Crippen molar-refractivity contribution in [1.29, 1.82) is 0 Å². The summed E-state index contributed by atoms with van der Waals surface area (Å²) in [6, 6.07) is 2.56. The maximum Gasteiger partial charge on any atom is 0.416 e. The summed E-state index contributed by atoms with van der Waals surface area (Å²) in [7, 11) is 1.55. The van der Waals surface area contributed by atoms with Crippen molar-refractivity contribution >= 4 is 17.3 Å². The van der Waals surface area contributed by atoms with Crippen LogP contribution in [0.3, 0.4) is 0 Å². The molecule has 0 saturated carbocycles. The SMILES string of the molecule is CNc1cc(Nc2cc(C(F)(F)F)cc(C(F)(F)F)c2)ncn1. The first-order valence-corrected chi connectivity index (χ1v) is 6.16. The Kier molecular flexibility index (Phi) is 4.35. The molecule has 0 aliphatic heterocycles. The van der Waals surface area contributed by atoms with Gasteiger partial charge in [-0.15, -0.1) is 0 Å². The standard InChI is InChI=1S/C13H10F6N4/c1-20-10-5-11(22-6-21-10)23-9-3-7(12(14,15)16)2-8(4-9)13(17,18)19/h2-6H,1H3,(H2,20,21,22,23). The zero-order valence-electron chi connectivity index (χ0n) is 11.5. The minimum Gasteiger partial charge on any atom is -0.373 e. The van der Waals surface area contributed by atoms with Crippen LogP contribution in [0.25, 0.3) is 0 Å². The van der Waals surface area contributed by atoms with Gasteiger partial charge in [-0.25, -0.2) is 9.97 Å². The summed E-state index contributed by atoms with van der Waals surface area (Å²) in [5.74, 6) is 0.405. The van der Waals surface area contributed by atoms with Gasteiger partial charge in [0.05, 0.1) is 11.1 Å². The lowest BCUT2D eigenvalue weighted by atomic mass is 10.1. The predicted octanol–water partition coefficient (Wildman–Crippen LogP) is 4.30. The van der Waals surface area contributed by atoms with Gasteiger partial charge in [-0.05, 0) is 18.2 Å². The third-order valence-corrected chi connectivity index (χ3v) is 2.78. The molecule has 0 amide bonds. The molecule has 23 heavy (non-hydrogen) atoms. The van der Waals surface area contributed by atoms with E-state index >= 15 is 0 Å². The summed E-state index contributed by atoms with van der Waals surface area (Å²) in [6.07, 6.45) is -8.69. The molecule has 4 nitrogen and oxygen atoms in total. The van der Waals surface area contributed by atoms with Crippen molar-refractivity contribution in [3.63, 3.8) is 0 Å². The number of nitrogens with zero attached hydrogens (tertiary/aromatic N) is 2. The average molecular weight is 336 g/mol. The molecule has 2 N–H and O–H groups in total. The molecule has 0 radical (unpaired) electrons. The van der Waals surface area contributed by atoms with Crippen molar-refractivity contribution < 1.29 is 26.3 Å². The van der Waals surface area contributed by atoms with Crippen molar-refractivity contribution in [2.24, 2.45) is 0 Å². The predicted molar refractivity (Wildman–Crippen MR) is 71.3 cm³/mol. The number of rotatable bonds is 3. The number of alkyl halides is 6. The maximum absolute atomic E-state index is 12.8. The van der Waals surface area contributed by atoms with E-state index in [1.165, 1.54) is 6.07 Å². The number of hydrogen-bond acceptors (Lipinski definition) is 4. The van der Waals surface area contributed by atoms with Crippen LogP contribution in [-0.2, 0) is 12.4 Å². The Labute approximate surface area is 126 Å². The molecule has 0 bridgehead atoms. The van der Waals surface area contributed by atoms with E-state index in [1.807, 2.05) is 0 Å². The van der Waals surface area contributed by atoms with Crippen LogP contribution in [0.4, 0.5) is 43.7 Å². The molecule has 10 heteroatoms. The second kappa shape index (κ2) is 5.94. The third kappa shape index (κ3) is 4.24. The number of hydrogen-bond donors (Lipinski definition) is 2. The summed E-state index contributed by atoms with van der Waals surface area (Å²) >= 11 is 0. The van der Waals surface area contributed by atoms with Gasteiger partial charge in [0, 0.05) is 18.8 Å². The minimum atomic E-state index is -4.90. The molecule has 2 aromatic rings. The van der Waals surface area contributed by atoms with Gasteiger partial charge in [0.1, 0.15) is 18.0 Å². The van der Waals surface area contributed by atoms with Gasteiger partial charge in [0.15, 0.2) is 0 Å². The van der Waals surface area contributed by atoms with E-state index in [1.54, 1.807) is 7.05 Å². The lowest BCUT2D eigenvalue weighted by Gasteiger charge is -2.15. The maximum atomic E-state index is 12.8. The van der Waals surface area contributed by atoms with Crippen molar-refractivity contribution in [3.8, 4) is 0 Å². The molecule has 124 valence electrons. The fourth-order valence-electron chi connectivity index (χ4n) is 1.74. The fourth-order valence-corrected chi connectivity index (χ4v) is 1.74. The normalized spacial score (nSPS) is 12.1. The quantitative estimate of drug-likeness (QED) is 0.821. The summed E-state index contributed by atoms with van der Waals surface area (Å²) in [5.41, 5.74) is -3.19. The molecule has 0 saturated heterocycles. The van der Waals surface area contributed by atoms with Crippen molar-refractivity contribution in [1.82, 2.24) is 9.97 Å². The van der Waals surface area contributed by atoms with Crippen molar-refractivity contribution in [3.05, 3.63) is 41.7 Å². The average Bonchev–Trinajstić information content (AvgIpc) is 2.45. The van der Waals surface area contributed by atoms with Crippen LogP contribution in [0.1, 0.15) is 11.1 Å². The van der Waals surface area contributed by atoms with E-state index < -0.39 is 23.5 Å². The highest BCUT2D eigenvalue weighted by molar-refractivity contribution is 5.61. The number of benzene rings is 1. The van der Waals surface area contributed by atoms with E-state index in [0.29, 0.717) is 18.0 Å². The highest BCUT2D eigenvalue weighted by Gasteiger charge is 2.36. The van der Waals surface area contributed by atoms with Gasteiger partial charge < -0.3 is 10.6 Å². The summed E-state index contributed by atoms with van der Waals surface area (Å²) in [4.78, 5) is 7.53. The molecule has 1 aromatic carbocycles. The first kappa shape index (κ1) is 16.8. The van der Waals surface area contributed by atoms with E-state index in [-0.39, 0.29) is 17.6 Å². The van der Waals surface area contributed by atoms with Crippen LogP contribution in [0, 0.1) is 0 Å². The smallest absolute Gasteiger partial charge is 0.373 e. The van der Waals surface area contributed by atoms with Crippen LogP contribution in [0.5, 0.6) is 0 Å². The second-order valence-electron chi connectivity index (χ2n) is 4.46. The summed E-state index contributed by atoms with van der Waals surface area (Å²) < 4.78 is 76.6. The van der Waals surface area contributed by atoms with Crippen LogP contribution >= 0.6 is 0 Å². The van der Waals surface area contributed by atoms with Crippen LogP contribution in [0.2, 0.25) is 0 Å². The summed E-state index contributed by atoms with van der Waals surface area (Å²) in [6.45, 7) is 0. The molecule has 0 atom stereocenters. The molecule has 0 spiro atoms. The molecule has 0 aliphatic carbocycles. The highest BCUT2D eigenvalue weighted by atomic mass is 19.4. The van der Waals surface area contributed by atoms with Gasteiger partial charge in [-0.3, -0.25) is 0 Å². The monoisotopic (exact) mass is 336 g/mol. The summed E-state index contributed by atoms with van der Waals surface area (Å²) in [5, 5.41) is 5.09. The van der Waals surface area contributed by atoms with Gasteiger partial charge in [0.25, 0.3) is 0 Å². The van der Waals surface area contributed by atoms with E-state index in [9.17, 15) is 26.3 Å². The molecule has 1 aromatic heterocycles. The van der Waals surface area contributed by atoms with Crippen molar-refractivity contribution in [2.75, 3.05) is 17.7 Å². The van der Waals surface area contributed by atoms with Gasteiger partial charge in [-0.2, -0.15) is 26.3 Å². The lowest BCUT2D eigenvalue weighted by Crippen LogP contribution is -2.11. The Morgan fingerprint density at radius 3 is 1.78 bits per heavy atom. The molecule has 1 heterocycles. The second-order valence-corrected chi connectivity index (χ2v) is 4.46. The van der Waals surface area contributed by atoms with Crippen LogP contribution in [-0.4, -0.2) is 17.0 Å². The zero-order valence-corrected chi connectivity index (χ0v) is 11.5. The van der Waals surface area contributed by atoms with E-state index in [4.69, 9.17) is 0 Å². The Bertz CT molecular complexity index is 663. The zero-order chi connectivity index (χ0) is 17.3. The third-order valence-electron chi connectivity index (χ3n) is 2.78. The van der Waals surface area contributed by atoms with Gasteiger partial charge in [0.2, 0.25) is 0 Å². The van der Waals surface area contributed by atoms with Crippen LogP contribution in [0.15, 0.2) is 30.6 Å². The largest absolute Gasteiger partial charge is 0.416 e. The molecule has 0 unspecified atom stereocenters. The number of nitrogens with one attached hydrogen (secondary N) is 2. The minimum absolute atomic E-state index is 0.0526. The molecule has 2 rings (SSSR count). The number of halogens is 6. The topological polar surface area (TPSA) is 49.8 Å². The highest BCUT2D eigenvalue weighted by Crippen LogP contribution is 2.38. The molecular weight excluding hydrogens is 326 g/mol. The first-order valence-electron chi connectivity index (χ1n) is 6.16.